The second-order valence-corrected chi connectivity index (χ2v) is 2.58. The molecule has 0 spiro atoms. The molecule has 0 atom stereocenters. The van der Waals surface area contributed by atoms with Crippen LogP contribution in [0.5, 0.6) is 5.75 Å². The number of aromatic amines is 2. The Kier molecular flexibility index (Phi) is 3.45. The van der Waals surface area contributed by atoms with Crippen molar-refractivity contribution in [2.45, 2.75) is 0 Å². The van der Waals surface area contributed by atoms with Crippen LogP contribution in [0.15, 0.2) is 16.9 Å². The van der Waals surface area contributed by atoms with E-state index in [1.54, 1.807) is 6.07 Å². The summed E-state index contributed by atoms with van der Waals surface area (Å²) in [7, 11) is 1.37. The van der Waals surface area contributed by atoms with E-state index >= 15 is 0 Å². The number of rotatable bonds is 1. The molecule has 2 aromatic rings. The van der Waals surface area contributed by atoms with E-state index in [4.69, 9.17) is 4.74 Å². The molecule has 0 fully saturated rings. The van der Waals surface area contributed by atoms with Crippen molar-refractivity contribution in [3.05, 3.63) is 28.4 Å². The van der Waals surface area contributed by atoms with E-state index in [9.17, 15) is 9.18 Å². The monoisotopic (exact) mass is 273 g/mol. The summed E-state index contributed by atoms with van der Waals surface area (Å²) in [5, 5.41) is 0. The molecule has 1 radical (unpaired) electrons. The summed E-state index contributed by atoms with van der Waals surface area (Å²) in [5.41, 5.74) is 0.148. The van der Waals surface area contributed by atoms with Crippen LogP contribution in [0.3, 0.4) is 0 Å². The van der Waals surface area contributed by atoms with E-state index in [0.29, 0.717) is 5.52 Å². The summed E-state index contributed by atoms with van der Waals surface area (Å²) in [6.07, 6.45) is 0. The molecule has 0 saturated carbocycles. The molecule has 0 aliphatic rings. The molecule has 0 saturated heterocycles. The van der Waals surface area contributed by atoms with E-state index in [0.717, 1.165) is 0 Å². The Labute approximate surface area is 105 Å². The number of benzene rings is 1. The van der Waals surface area contributed by atoms with Gasteiger partial charge in [-0.2, -0.15) is 0 Å². The number of methoxy groups -OCH3 is 1. The number of hydrogen-bond acceptors (Lipinski definition) is 2. The number of imidazole rings is 1. The van der Waals surface area contributed by atoms with E-state index in [1.165, 1.54) is 13.2 Å². The molecular formula is C8H9FN2O2Y. The van der Waals surface area contributed by atoms with Gasteiger partial charge in [0.1, 0.15) is 5.52 Å². The maximum absolute atomic E-state index is 13.4. The van der Waals surface area contributed by atoms with E-state index in [-0.39, 0.29) is 45.4 Å². The van der Waals surface area contributed by atoms with Crippen LogP contribution in [-0.4, -0.2) is 17.1 Å². The topological polar surface area (TPSA) is 57.9 Å². The zero-order valence-corrected chi connectivity index (χ0v) is 10.3. The van der Waals surface area contributed by atoms with E-state index < -0.39 is 11.5 Å². The molecular weight excluding hydrogens is 264 g/mol. The third-order valence-corrected chi connectivity index (χ3v) is 1.81. The molecule has 2 rings (SSSR count). The summed E-state index contributed by atoms with van der Waals surface area (Å²) < 4.78 is 18.1. The molecule has 14 heavy (non-hydrogen) atoms. The van der Waals surface area contributed by atoms with Gasteiger partial charge in [0.05, 0.1) is 12.6 Å². The molecule has 0 amide bonds. The first-order chi connectivity index (χ1) is 6.22. The van der Waals surface area contributed by atoms with Crippen molar-refractivity contribution in [2.75, 3.05) is 7.11 Å². The molecule has 1 aromatic heterocycles. The predicted octanol–water partition coefficient (Wildman–Crippen LogP) is 1.25. The fourth-order valence-corrected chi connectivity index (χ4v) is 1.21. The number of nitrogens with one attached hydrogen (secondary N) is 2. The fraction of sp³-hybridized carbons (Fsp3) is 0.125. The first-order valence-electron chi connectivity index (χ1n) is 3.67. The Morgan fingerprint density at radius 1 is 1.43 bits per heavy atom. The molecule has 6 heteroatoms. The maximum atomic E-state index is 13.4. The van der Waals surface area contributed by atoms with Crippen LogP contribution in [0.25, 0.3) is 11.0 Å². The number of halogens is 1. The van der Waals surface area contributed by atoms with Crippen LogP contribution >= 0.6 is 0 Å². The summed E-state index contributed by atoms with van der Waals surface area (Å²) in [4.78, 5) is 15.6. The maximum Gasteiger partial charge on any atom is 0.323 e. The second-order valence-electron chi connectivity index (χ2n) is 2.58. The Hall–Kier alpha value is -0.676. The molecule has 4 nitrogen and oxygen atoms in total. The minimum Gasteiger partial charge on any atom is -0.494 e. The van der Waals surface area contributed by atoms with E-state index in [1.807, 2.05) is 0 Å². The normalized spacial score (nSPS) is 9.86. The smallest absolute Gasteiger partial charge is 0.323 e. The average molecular weight is 273 g/mol. The molecule has 0 aliphatic carbocycles. The van der Waals surface area contributed by atoms with Gasteiger partial charge in [0, 0.05) is 34.1 Å². The van der Waals surface area contributed by atoms with Gasteiger partial charge in [-0.05, 0) is 12.1 Å². The van der Waals surface area contributed by atoms with Crippen molar-refractivity contribution >= 4 is 11.0 Å². The van der Waals surface area contributed by atoms with Gasteiger partial charge in [-0.25, -0.2) is 9.18 Å². The summed E-state index contributed by atoms with van der Waals surface area (Å²) >= 11 is 0. The molecule has 0 unspecified atom stereocenters. The van der Waals surface area contributed by atoms with Crippen LogP contribution in [0.4, 0.5) is 4.39 Å². The van der Waals surface area contributed by atoms with Crippen molar-refractivity contribution in [1.82, 2.24) is 9.97 Å². The molecule has 1 aromatic carbocycles. The third-order valence-electron chi connectivity index (χ3n) is 1.81. The third kappa shape index (κ3) is 1.74. The molecule has 0 bridgehead atoms. The molecule has 2 N–H and O–H groups in total. The van der Waals surface area contributed by atoms with Crippen molar-refractivity contribution < 1.29 is 43.3 Å². The zero-order chi connectivity index (χ0) is 9.42. The molecule has 1 heterocycles. The number of fused-ring (bicyclic) bond motifs is 1. The van der Waals surface area contributed by atoms with Gasteiger partial charge >= 0.3 is 5.69 Å². The van der Waals surface area contributed by atoms with E-state index in [2.05, 4.69) is 9.97 Å². The summed E-state index contributed by atoms with van der Waals surface area (Å²) in [5.74, 6) is -0.443. The quantitative estimate of drug-likeness (QED) is 0.821. The summed E-state index contributed by atoms with van der Waals surface area (Å²) in [6, 6.07) is 3.04. The van der Waals surface area contributed by atoms with Gasteiger partial charge in [0.2, 0.25) is 0 Å². The Bertz CT molecular complexity index is 511. The average Bonchev–Trinajstić information content (AvgIpc) is 2.47. The van der Waals surface area contributed by atoms with Gasteiger partial charge in [-0.3, -0.25) is 0 Å². The van der Waals surface area contributed by atoms with Gasteiger partial charge in [0.25, 0.3) is 0 Å². The van der Waals surface area contributed by atoms with Gasteiger partial charge < -0.3 is 14.7 Å². The van der Waals surface area contributed by atoms with Crippen molar-refractivity contribution in [3.8, 4) is 5.75 Å². The predicted molar refractivity (Wildman–Crippen MR) is 47.5 cm³/mol. The van der Waals surface area contributed by atoms with Crippen molar-refractivity contribution in [3.63, 3.8) is 0 Å². The SMILES string of the molecule is COc1ccc2[nH]c(=O)[nH]c2c1F.[HH].[Y]. The minimum atomic E-state index is -0.557. The Morgan fingerprint density at radius 2 is 2.14 bits per heavy atom. The van der Waals surface area contributed by atoms with Crippen LogP contribution in [0.2, 0.25) is 0 Å². The second kappa shape index (κ2) is 4.23. The number of hydrogen-bond donors (Lipinski definition) is 2. The largest absolute Gasteiger partial charge is 0.494 e. The van der Waals surface area contributed by atoms with Crippen LogP contribution < -0.4 is 10.4 Å². The van der Waals surface area contributed by atoms with Crippen LogP contribution in [0, 0.1) is 5.82 Å². The minimum absolute atomic E-state index is 0. The first-order valence-corrected chi connectivity index (χ1v) is 3.67. The number of aromatic nitrogens is 2. The summed E-state index contributed by atoms with van der Waals surface area (Å²) in [6.45, 7) is 0. The van der Waals surface area contributed by atoms with Crippen molar-refractivity contribution in [1.29, 1.82) is 0 Å². The Morgan fingerprint density at radius 3 is 2.79 bits per heavy atom. The van der Waals surface area contributed by atoms with Crippen LogP contribution in [-0.2, 0) is 32.7 Å². The van der Waals surface area contributed by atoms with Crippen LogP contribution in [0.1, 0.15) is 1.43 Å². The molecule has 0 aliphatic heterocycles. The molecule has 73 valence electrons. The fourth-order valence-electron chi connectivity index (χ4n) is 1.21. The first kappa shape index (κ1) is 11.4. The Balaban J connectivity index is 0.000000980. The van der Waals surface area contributed by atoms with Gasteiger partial charge in [-0.1, -0.05) is 0 Å². The number of H-pyrrole nitrogens is 2. The standard InChI is InChI=1S/C8H7FN2O2.Y.H2/c1-13-5-3-2-4-7(6(5)9)11-8(12)10-4;;/h2-3H,1H3,(H2,10,11,12);;1H. The van der Waals surface area contributed by atoms with Crippen molar-refractivity contribution in [2.24, 2.45) is 0 Å². The number of ether oxygens (including phenoxy) is 1. The van der Waals surface area contributed by atoms with Gasteiger partial charge in [0.15, 0.2) is 11.6 Å². The zero-order valence-electron chi connectivity index (χ0n) is 7.43. The van der Waals surface area contributed by atoms with Gasteiger partial charge in [-0.15, -0.1) is 0 Å².